The van der Waals surface area contributed by atoms with Crippen molar-refractivity contribution < 1.29 is 18.8 Å². The monoisotopic (exact) mass is 356 g/mol. The Morgan fingerprint density at radius 1 is 1.24 bits per heavy atom. The number of hydrogen-bond acceptors (Lipinski definition) is 5. The van der Waals surface area contributed by atoms with E-state index in [1.807, 2.05) is 26.0 Å². The van der Waals surface area contributed by atoms with Crippen LogP contribution >= 0.6 is 11.8 Å². The van der Waals surface area contributed by atoms with Crippen LogP contribution < -0.4 is 5.32 Å². The van der Waals surface area contributed by atoms with Crippen molar-refractivity contribution in [2.45, 2.75) is 13.8 Å². The molecular formula is C18H16N2O4S. The number of furan rings is 1. The van der Waals surface area contributed by atoms with Gasteiger partial charge in [0, 0.05) is 11.8 Å². The molecule has 1 N–H and O–H groups in total. The van der Waals surface area contributed by atoms with E-state index in [0.717, 1.165) is 27.8 Å². The second-order valence-corrected chi connectivity index (χ2v) is 6.62. The summed E-state index contributed by atoms with van der Waals surface area (Å²) >= 11 is 0.791. The molecule has 0 atom stereocenters. The third-order valence-electron chi connectivity index (χ3n) is 3.78. The molecule has 2 aromatic rings. The number of hydrogen-bond donors (Lipinski definition) is 1. The Labute approximate surface area is 148 Å². The topological polar surface area (TPSA) is 79.6 Å². The fourth-order valence-electron chi connectivity index (χ4n) is 2.30. The zero-order valence-corrected chi connectivity index (χ0v) is 14.6. The van der Waals surface area contributed by atoms with Crippen molar-refractivity contribution >= 4 is 40.6 Å². The van der Waals surface area contributed by atoms with Gasteiger partial charge in [0.25, 0.3) is 11.1 Å². The highest BCUT2D eigenvalue weighted by atomic mass is 32.2. The van der Waals surface area contributed by atoms with Gasteiger partial charge >= 0.3 is 0 Å². The summed E-state index contributed by atoms with van der Waals surface area (Å²) in [6.45, 7) is 3.60. The summed E-state index contributed by atoms with van der Waals surface area (Å²) in [4.78, 5) is 37.7. The number of carbonyl (C=O) groups is 3. The van der Waals surface area contributed by atoms with E-state index in [0.29, 0.717) is 11.4 Å². The minimum absolute atomic E-state index is 0.235. The SMILES string of the molecule is Cc1ccc(NC(=O)CN2C(=O)S/C(=C/c3ccco3)C2=O)cc1C. The molecule has 0 saturated carbocycles. The Balaban J connectivity index is 1.67. The molecule has 3 rings (SSSR count). The highest BCUT2D eigenvalue weighted by Gasteiger charge is 2.36. The van der Waals surface area contributed by atoms with Gasteiger partial charge in [-0.2, -0.15) is 0 Å². The Kier molecular flexibility index (Phi) is 4.76. The summed E-state index contributed by atoms with van der Waals surface area (Å²) in [5.41, 5.74) is 2.79. The number of rotatable bonds is 4. The van der Waals surface area contributed by atoms with Crippen molar-refractivity contribution in [2.75, 3.05) is 11.9 Å². The molecule has 0 aliphatic carbocycles. The summed E-state index contributed by atoms with van der Waals surface area (Å²) in [5.74, 6) is -0.448. The highest BCUT2D eigenvalue weighted by Crippen LogP contribution is 2.32. The number of nitrogens with one attached hydrogen (secondary N) is 1. The number of aryl methyl sites for hydroxylation is 2. The second-order valence-electron chi connectivity index (χ2n) is 5.63. The van der Waals surface area contributed by atoms with Crippen LogP contribution in [0.15, 0.2) is 45.9 Å². The fourth-order valence-corrected chi connectivity index (χ4v) is 3.12. The lowest BCUT2D eigenvalue weighted by atomic mass is 10.1. The molecule has 2 heterocycles. The summed E-state index contributed by atoms with van der Waals surface area (Å²) in [6, 6.07) is 8.90. The summed E-state index contributed by atoms with van der Waals surface area (Å²) in [6.07, 6.45) is 2.97. The number of carbonyl (C=O) groups excluding carboxylic acids is 3. The zero-order valence-electron chi connectivity index (χ0n) is 13.7. The van der Waals surface area contributed by atoms with Crippen molar-refractivity contribution in [1.82, 2.24) is 4.90 Å². The molecule has 1 aliphatic rings. The van der Waals surface area contributed by atoms with Gasteiger partial charge in [-0.05, 0) is 61.0 Å². The smallest absolute Gasteiger partial charge is 0.294 e. The van der Waals surface area contributed by atoms with Crippen molar-refractivity contribution in [1.29, 1.82) is 0 Å². The quantitative estimate of drug-likeness (QED) is 0.847. The Morgan fingerprint density at radius 3 is 2.72 bits per heavy atom. The standard InChI is InChI=1S/C18H16N2O4S/c1-11-5-6-13(8-12(11)2)19-16(21)10-20-17(22)15(25-18(20)23)9-14-4-3-7-24-14/h3-9H,10H2,1-2H3,(H,19,21)/b15-9+. The normalized spacial score (nSPS) is 15.9. The predicted molar refractivity (Wildman–Crippen MR) is 95.9 cm³/mol. The van der Waals surface area contributed by atoms with Crippen LogP contribution in [-0.2, 0) is 9.59 Å². The molecule has 1 aromatic carbocycles. The van der Waals surface area contributed by atoms with E-state index in [2.05, 4.69) is 5.32 Å². The summed E-state index contributed by atoms with van der Waals surface area (Å²) in [7, 11) is 0. The number of amides is 3. The number of imide groups is 1. The van der Waals surface area contributed by atoms with Gasteiger partial charge in [0.1, 0.15) is 12.3 Å². The van der Waals surface area contributed by atoms with Gasteiger partial charge in [-0.15, -0.1) is 0 Å². The van der Waals surface area contributed by atoms with Crippen LogP contribution in [0, 0.1) is 13.8 Å². The highest BCUT2D eigenvalue weighted by molar-refractivity contribution is 8.18. The fraction of sp³-hybridized carbons (Fsp3) is 0.167. The minimum atomic E-state index is -0.498. The molecule has 0 bridgehead atoms. The maximum atomic E-state index is 12.3. The van der Waals surface area contributed by atoms with Crippen LogP contribution in [0.1, 0.15) is 16.9 Å². The molecule has 25 heavy (non-hydrogen) atoms. The van der Waals surface area contributed by atoms with E-state index in [1.54, 1.807) is 18.2 Å². The van der Waals surface area contributed by atoms with Crippen LogP contribution in [0.25, 0.3) is 6.08 Å². The average molecular weight is 356 g/mol. The molecule has 1 aromatic heterocycles. The molecule has 7 heteroatoms. The molecule has 3 amide bonds. The van der Waals surface area contributed by atoms with E-state index in [4.69, 9.17) is 4.42 Å². The Morgan fingerprint density at radius 2 is 2.04 bits per heavy atom. The van der Waals surface area contributed by atoms with Crippen LogP contribution in [0.4, 0.5) is 10.5 Å². The van der Waals surface area contributed by atoms with Gasteiger partial charge in [-0.1, -0.05) is 6.07 Å². The van der Waals surface area contributed by atoms with Gasteiger partial charge < -0.3 is 9.73 Å². The van der Waals surface area contributed by atoms with E-state index >= 15 is 0 Å². The summed E-state index contributed by atoms with van der Waals surface area (Å²) in [5, 5.41) is 2.23. The van der Waals surface area contributed by atoms with E-state index in [9.17, 15) is 14.4 Å². The van der Waals surface area contributed by atoms with Crippen molar-refractivity contribution in [2.24, 2.45) is 0 Å². The maximum Gasteiger partial charge on any atom is 0.294 e. The van der Waals surface area contributed by atoms with Crippen LogP contribution in [0.5, 0.6) is 0 Å². The largest absolute Gasteiger partial charge is 0.465 e. The van der Waals surface area contributed by atoms with Crippen LogP contribution in [-0.4, -0.2) is 28.5 Å². The molecule has 0 radical (unpaired) electrons. The van der Waals surface area contributed by atoms with E-state index in [-0.39, 0.29) is 11.4 Å². The van der Waals surface area contributed by atoms with Crippen LogP contribution in [0.2, 0.25) is 0 Å². The molecular weight excluding hydrogens is 340 g/mol. The number of anilines is 1. The second kappa shape index (κ2) is 6.98. The lowest BCUT2D eigenvalue weighted by Crippen LogP contribution is -2.36. The molecule has 1 saturated heterocycles. The lowest BCUT2D eigenvalue weighted by Gasteiger charge is -2.13. The third kappa shape index (κ3) is 3.83. The lowest BCUT2D eigenvalue weighted by molar-refractivity contribution is -0.127. The van der Waals surface area contributed by atoms with Crippen LogP contribution in [0.3, 0.4) is 0 Å². The van der Waals surface area contributed by atoms with Crippen molar-refractivity contribution in [3.63, 3.8) is 0 Å². The van der Waals surface area contributed by atoms with Gasteiger partial charge in [0.05, 0.1) is 11.2 Å². The predicted octanol–water partition coefficient (Wildman–Crippen LogP) is 3.57. The van der Waals surface area contributed by atoms with Crippen molar-refractivity contribution in [3.8, 4) is 0 Å². The molecule has 1 aliphatic heterocycles. The molecule has 6 nitrogen and oxygen atoms in total. The van der Waals surface area contributed by atoms with Crippen molar-refractivity contribution in [3.05, 3.63) is 58.4 Å². The molecule has 128 valence electrons. The van der Waals surface area contributed by atoms with Gasteiger partial charge in [0.15, 0.2) is 0 Å². The van der Waals surface area contributed by atoms with Gasteiger partial charge in [0.2, 0.25) is 5.91 Å². The Hall–Kier alpha value is -2.80. The number of benzene rings is 1. The summed E-state index contributed by atoms with van der Waals surface area (Å²) < 4.78 is 5.14. The third-order valence-corrected chi connectivity index (χ3v) is 4.69. The molecule has 1 fully saturated rings. The zero-order chi connectivity index (χ0) is 18.0. The number of nitrogens with zero attached hydrogens (tertiary/aromatic N) is 1. The average Bonchev–Trinajstić information content (AvgIpc) is 3.15. The molecule has 0 unspecified atom stereocenters. The first-order valence-corrected chi connectivity index (χ1v) is 8.41. The minimum Gasteiger partial charge on any atom is -0.465 e. The first-order chi connectivity index (χ1) is 11.9. The first kappa shape index (κ1) is 17.0. The van der Waals surface area contributed by atoms with Gasteiger partial charge in [-0.3, -0.25) is 19.3 Å². The van der Waals surface area contributed by atoms with Gasteiger partial charge in [-0.25, -0.2) is 0 Å². The van der Waals surface area contributed by atoms with E-state index in [1.165, 1.54) is 12.3 Å². The first-order valence-electron chi connectivity index (χ1n) is 7.60. The van der Waals surface area contributed by atoms with E-state index < -0.39 is 17.1 Å². The molecule has 0 spiro atoms. The maximum absolute atomic E-state index is 12.3. The Bertz CT molecular complexity index is 871. The number of thioether (sulfide) groups is 1.